The normalized spacial score (nSPS) is 9.12. The molecule has 0 spiro atoms. The molecule has 0 saturated carbocycles. The molecule has 1 N–H and O–H groups in total. The van der Waals surface area contributed by atoms with E-state index in [9.17, 15) is 9.18 Å². The Balaban J connectivity index is 3.23. The van der Waals surface area contributed by atoms with Crippen molar-refractivity contribution in [1.29, 1.82) is 10.5 Å². The molecule has 0 atom stereocenters. The molecule has 0 aliphatic rings. The largest absolute Gasteiger partial charge is 0.478 e. The molecule has 0 unspecified atom stereocenters. The van der Waals surface area contributed by atoms with Crippen LogP contribution in [0.3, 0.4) is 0 Å². The minimum Gasteiger partial charge on any atom is -0.478 e. The van der Waals surface area contributed by atoms with Crippen molar-refractivity contribution in [2.75, 3.05) is 18.0 Å². The molecule has 0 amide bonds. The summed E-state index contributed by atoms with van der Waals surface area (Å²) in [6, 6.07) is 4.36. The molecule has 0 aliphatic heterocycles. The number of carbonyl (C=O) groups is 1. The van der Waals surface area contributed by atoms with Gasteiger partial charge in [-0.15, -0.1) is 0 Å². The third kappa shape index (κ3) is 2.89. The minimum absolute atomic E-state index is 0.0954. The number of hydrogen-bond acceptors (Lipinski definition) is 5. The lowest BCUT2D eigenvalue weighted by Crippen LogP contribution is -2.27. The molecule has 86 valence electrons. The number of nitrogens with zero attached hydrogens (tertiary/aromatic N) is 4. The summed E-state index contributed by atoms with van der Waals surface area (Å²) in [5, 5.41) is 26.0. The van der Waals surface area contributed by atoms with E-state index in [0.717, 1.165) is 17.2 Å². The fourth-order valence-corrected chi connectivity index (χ4v) is 1.22. The fraction of sp³-hybridized carbons (Fsp3) is 0.200. The molecular weight excluding hydrogens is 227 g/mol. The van der Waals surface area contributed by atoms with Gasteiger partial charge in [0.15, 0.2) is 0 Å². The minimum atomic E-state index is -1.37. The van der Waals surface area contributed by atoms with Gasteiger partial charge in [0.2, 0.25) is 0 Å². The van der Waals surface area contributed by atoms with Crippen molar-refractivity contribution >= 4 is 11.8 Å². The van der Waals surface area contributed by atoms with E-state index in [2.05, 4.69) is 4.98 Å². The van der Waals surface area contributed by atoms with E-state index in [0.29, 0.717) is 0 Å². The molecule has 0 saturated heterocycles. The van der Waals surface area contributed by atoms with E-state index < -0.39 is 11.8 Å². The van der Waals surface area contributed by atoms with Crippen molar-refractivity contribution in [1.82, 2.24) is 4.98 Å². The van der Waals surface area contributed by atoms with Gasteiger partial charge in [-0.3, -0.25) is 0 Å². The first-order chi connectivity index (χ1) is 8.10. The molecule has 1 heterocycles. The lowest BCUT2D eigenvalue weighted by atomic mass is 10.2. The van der Waals surface area contributed by atoms with Gasteiger partial charge in [0, 0.05) is 0 Å². The van der Waals surface area contributed by atoms with E-state index in [1.807, 2.05) is 0 Å². The molecule has 0 aromatic carbocycles. The molecule has 0 aliphatic carbocycles. The first-order valence-corrected chi connectivity index (χ1v) is 4.47. The first-order valence-electron chi connectivity index (χ1n) is 4.47. The predicted molar refractivity (Wildman–Crippen MR) is 54.6 cm³/mol. The lowest BCUT2D eigenvalue weighted by Gasteiger charge is -2.18. The molecule has 0 bridgehead atoms. The van der Waals surface area contributed by atoms with E-state index in [1.165, 1.54) is 0 Å². The number of carboxylic acids is 1. The van der Waals surface area contributed by atoms with Crippen LogP contribution in [0.2, 0.25) is 0 Å². The second-order valence-electron chi connectivity index (χ2n) is 3.00. The van der Waals surface area contributed by atoms with Crippen LogP contribution in [0.15, 0.2) is 12.3 Å². The van der Waals surface area contributed by atoms with Gasteiger partial charge in [0.1, 0.15) is 30.3 Å². The Morgan fingerprint density at radius 3 is 2.53 bits per heavy atom. The van der Waals surface area contributed by atoms with Crippen molar-refractivity contribution in [3.63, 3.8) is 0 Å². The maximum atomic E-state index is 12.9. The smallest absolute Gasteiger partial charge is 0.339 e. The number of carboxylic acid groups (broad SMARTS) is 1. The average molecular weight is 234 g/mol. The van der Waals surface area contributed by atoms with Gasteiger partial charge in [-0.05, 0) is 6.07 Å². The number of nitriles is 2. The van der Waals surface area contributed by atoms with Crippen molar-refractivity contribution in [2.24, 2.45) is 0 Å². The Morgan fingerprint density at radius 2 is 2.06 bits per heavy atom. The highest BCUT2D eigenvalue weighted by Gasteiger charge is 2.18. The monoisotopic (exact) mass is 234 g/mol. The molecule has 17 heavy (non-hydrogen) atoms. The Labute approximate surface area is 96.1 Å². The Kier molecular flexibility index (Phi) is 3.96. The Bertz CT molecular complexity index is 502. The number of rotatable bonds is 4. The molecule has 1 aromatic rings. The summed E-state index contributed by atoms with van der Waals surface area (Å²) in [4.78, 5) is 15.6. The quantitative estimate of drug-likeness (QED) is 0.772. The molecular formula is C10H7FN4O2. The van der Waals surface area contributed by atoms with Crippen LogP contribution in [0, 0.1) is 28.5 Å². The maximum Gasteiger partial charge on any atom is 0.339 e. The standard InChI is InChI=1S/C10H7FN4O2/c11-7-5-8(10(16)17)9(14-6-7)15(3-1-12)4-2-13/h5-6H,3-4H2,(H,16,17). The molecule has 1 rings (SSSR count). The van der Waals surface area contributed by atoms with E-state index in [4.69, 9.17) is 15.6 Å². The van der Waals surface area contributed by atoms with Crippen LogP contribution < -0.4 is 4.90 Å². The summed E-state index contributed by atoms with van der Waals surface area (Å²) in [5.74, 6) is -2.25. The van der Waals surface area contributed by atoms with Crippen molar-refractivity contribution < 1.29 is 14.3 Å². The van der Waals surface area contributed by atoms with E-state index >= 15 is 0 Å². The third-order valence-electron chi connectivity index (χ3n) is 1.89. The summed E-state index contributed by atoms with van der Waals surface area (Å²) in [5.41, 5.74) is -0.379. The third-order valence-corrected chi connectivity index (χ3v) is 1.89. The number of anilines is 1. The van der Waals surface area contributed by atoms with Crippen LogP contribution in [-0.4, -0.2) is 29.1 Å². The van der Waals surface area contributed by atoms with Crippen molar-refractivity contribution in [3.8, 4) is 12.1 Å². The Hall–Kier alpha value is -2.67. The highest BCUT2D eigenvalue weighted by atomic mass is 19.1. The predicted octanol–water partition coefficient (Wildman–Crippen LogP) is 0.772. The van der Waals surface area contributed by atoms with Gasteiger partial charge in [0.05, 0.1) is 18.3 Å². The first kappa shape index (κ1) is 12.4. The Morgan fingerprint density at radius 1 is 1.47 bits per heavy atom. The van der Waals surface area contributed by atoms with Crippen molar-refractivity contribution in [3.05, 3.63) is 23.6 Å². The second-order valence-corrected chi connectivity index (χ2v) is 3.00. The SMILES string of the molecule is N#CCN(CC#N)c1ncc(F)cc1C(=O)O. The van der Waals surface area contributed by atoms with Gasteiger partial charge in [0.25, 0.3) is 0 Å². The van der Waals surface area contributed by atoms with Gasteiger partial charge >= 0.3 is 5.97 Å². The van der Waals surface area contributed by atoms with Gasteiger partial charge < -0.3 is 10.0 Å². The summed E-state index contributed by atoms with van der Waals surface area (Å²) in [6.07, 6.45) is 0.837. The highest BCUT2D eigenvalue weighted by molar-refractivity contribution is 5.93. The summed E-state index contributed by atoms with van der Waals surface area (Å²) in [7, 11) is 0. The molecule has 0 fully saturated rings. The number of hydrogen-bond donors (Lipinski definition) is 1. The van der Waals surface area contributed by atoms with Gasteiger partial charge in [-0.1, -0.05) is 0 Å². The average Bonchev–Trinajstić information content (AvgIpc) is 2.28. The zero-order valence-electron chi connectivity index (χ0n) is 8.59. The van der Waals surface area contributed by atoms with Crippen LogP contribution >= 0.6 is 0 Å². The number of halogens is 1. The lowest BCUT2D eigenvalue weighted by molar-refractivity contribution is 0.0696. The highest BCUT2D eigenvalue weighted by Crippen LogP contribution is 2.18. The molecule has 6 nitrogen and oxygen atoms in total. The molecule has 7 heteroatoms. The summed E-state index contributed by atoms with van der Waals surface area (Å²) >= 11 is 0. The van der Waals surface area contributed by atoms with E-state index in [-0.39, 0.29) is 24.5 Å². The van der Waals surface area contributed by atoms with Crippen LogP contribution in [0.25, 0.3) is 0 Å². The van der Waals surface area contributed by atoms with Crippen molar-refractivity contribution in [2.45, 2.75) is 0 Å². The summed E-state index contributed by atoms with van der Waals surface area (Å²) in [6.45, 7) is -0.404. The van der Waals surface area contributed by atoms with E-state index in [1.54, 1.807) is 12.1 Å². The van der Waals surface area contributed by atoms with Crippen LogP contribution in [0.1, 0.15) is 10.4 Å². The van der Waals surface area contributed by atoms with Gasteiger partial charge in [-0.2, -0.15) is 10.5 Å². The zero-order chi connectivity index (χ0) is 12.8. The topological polar surface area (TPSA) is 101 Å². The second kappa shape index (κ2) is 5.42. The molecule has 0 radical (unpaired) electrons. The number of aromatic carboxylic acids is 1. The number of aromatic nitrogens is 1. The fourth-order valence-electron chi connectivity index (χ4n) is 1.22. The maximum absolute atomic E-state index is 12.9. The zero-order valence-corrected chi connectivity index (χ0v) is 8.59. The summed E-state index contributed by atoms with van der Waals surface area (Å²) < 4.78 is 12.9. The van der Waals surface area contributed by atoms with Crippen LogP contribution in [0.5, 0.6) is 0 Å². The van der Waals surface area contributed by atoms with Crippen LogP contribution in [0.4, 0.5) is 10.2 Å². The number of pyridine rings is 1. The van der Waals surface area contributed by atoms with Gasteiger partial charge in [-0.25, -0.2) is 14.2 Å². The van der Waals surface area contributed by atoms with Crippen LogP contribution in [-0.2, 0) is 0 Å². The molecule has 1 aromatic heterocycles.